The van der Waals surface area contributed by atoms with Gasteiger partial charge in [-0.15, -0.1) is 0 Å². The summed E-state index contributed by atoms with van der Waals surface area (Å²) in [5.74, 6) is -1.04. The molecule has 0 aliphatic carbocycles. The number of nitro groups is 1. The molecule has 3 rings (SSSR count). The highest BCUT2D eigenvalue weighted by Crippen LogP contribution is 2.24. The number of carbonyl (C=O) groups excluding carboxylic acids is 2. The number of nitro benzene ring substituents is 1. The molecule has 0 spiro atoms. The van der Waals surface area contributed by atoms with E-state index in [2.05, 4.69) is 4.99 Å². The van der Waals surface area contributed by atoms with E-state index < -0.39 is 16.8 Å². The number of hydrogen-bond donors (Lipinski definition) is 0. The Hall–Kier alpha value is -3.33. The average Bonchev–Trinajstić information content (AvgIpc) is 2.98. The van der Waals surface area contributed by atoms with Gasteiger partial charge in [0, 0.05) is 11.6 Å². The Kier molecular flexibility index (Phi) is 6.12. The fourth-order valence-corrected chi connectivity index (χ4v) is 4.20. The molecule has 1 heterocycles. The van der Waals surface area contributed by atoms with Crippen molar-refractivity contribution in [3.8, 4) is 0 Å². The van der Waals surface area contributed by atoms with Crippen LogP contribution < -0.4 is 4.80 Å². The standard InChI is InChI=1S/C21H21N3O5S/c1-5-29-19(25)11-23-17-9-12(2)13(3)10-18(17)30-21(23)22-20(26)15-7-6-8-16(14(15)4)24(27)28/h6-10H,5,11H2,1-4H3. The Labute approximate surface area is 176 Å². The lowest BCUT2D eigenvalue weighted by Gasteiger charge is -2.07. The van der Waals surface area contributed by atoms with E-state index in [4.69, 9.17) is 4.74 Å². The van der Waals surface area contributed by atoms with Crippen molar-refractivity contribution in [2.24, 2.45) is 4.99 Å². The number of ether oxygens (including phenoxy) is 1. The maximum absolute atomic E-state index is 12.9. The third kappa shape index (κ3) is 4.16. The first-order valence-corrected chi connectivity index (χ1v) is 10.1. The van der Waals surface area contributed by atoms with Gasteiger partial charge < -0.3 is 9.30 Å². The number of rotatable bonds is 5. The second kappa shape index (κ2) is 8.58. The molecule has 8 nitrogen and oxygen atoms in total. The van der Waals surface area contributed by atoms with Crippen molar-refractivity contribution in [3.63, 3.8) is 0 Å². The Bertz CT molecular complexity index is 1240. The quantitative estimate of drug-likeness (QED) is 0.350. The molecule has 0 aliphatic rings. The molecule has 0 N–H and O–H groups in total. The maximum Gasteiger partial charge on any atom is 0.326 e. The number of hydrogen-bond acceptors (Lipinski definition) is 6. The molecule has 156 valence electrons. The lowest BCUT2D eigenvalue weighted by molar-refractivity contribution is -0.385. The SMILES string of the molecule is CCOC(=O)Cn1c(=NC(=O)c2cccc([N+](=O)[O-])c2C)sc2cc(C)c(C)cc21. The van der Waals surface area contributed by atoms with Crippen LogP contribution in [0.1, 0.15) is 34.0 Å². The van der Waals surface area contributed by atoms with Crippen LogP contribution in [0.2, 0.25) is 0 Å². The molecule has 3 aromatic rings. The molecule has 0 bridgehead atoms. The van der Waals surface area contributed by atoms with Crippen LogP contribution in [0.15, 0.2) is 35.3 Å². The molecule has 0 radical (unpaired) electrons. The lowest BCUT2D eigenvalue weighted by Crippen LogP contribution is -2.23. The number of fused-ring (bicyclic) bond motifs is 1. The zero-order chi connectivity index (χ0) is 22.0. The van der Waals surface area contributed by atoms with Gasteiger partial charge in [-0.25, -0.2) is 0 Å². The fraction of sp³-hybridized carbons (Fsp3) is 0.286. The number of benzene rings is 2. The molecule has 0 atom stereocenters. The number of esters is 1. The number of thiazole rings is 1. The highest BCUT2D eigenvalue weighted by Gasteiger charge is 2.19. The summed E-state index contributed by atoms with van der Waals surface area (Å²) in [6, 6.07) is 8.24. The largest absolute Gasteiger partial charge is 0.465 e. The van der Waals surface area contributed by atoms with Gasteiger partial charge in [0.15, 0.2) is 4.80 Å². The molecule has 0 saturated carbocycles. The van der Waals surface area contributed by atoms with Crippen LogP contribution in [0, 0.1) is 30.9 Å². The van der Waals surface area contributed by atoms with Gasteiger partial charge >= 0.3 is 5.97 Å². The summed E-state index contributed by atoms with van der Waals surface area (Å²) in [5.41, 5.74) is 3.17. The van der Waals surface area contributed by atoms with E-state index in [9.17, 15) is 19.7 Å². The fourth-order valence-electron chi connectivity index (χ4n) is 3.10. The Morgan fingerprint density at radius 1 is 1.20 bits per heavy atom. The summed E-state index contributed by atoms with van der Waals surface area (Å²) in [6.07, 6.45) is 0. The van der Waals surface area contributed by atoms with Crippen LogP contribution >= 0.6 is 11.3 Å². The average molecular weight is 427 g/mol. The minimum absolute atomic E-state index is 0.0869. The third-order valence-electron chi connectivity index (χ3n) is 4.82. The van der Waals surface area contributed by atoms with Crippen LogP contribution in [0.25, 0.3) is 10.2 Å². The third-order valence-corrected chi connectivity index (χ3v) is 5.86. The second-order valence-electron chi connectivity index (χ2n) is 6.80. The van der Waals surface area contributed by atoms with Crippen LogP contribution in [-0.4, -0.2) is 28.0 Å². The normalized spacial score (nSPS) is 11.7. The monoisotopic (exact) mass is 427 g/mol. The first kappa shape index (κ1) is 21.4. The highest BCUT2D eigenvalue weighted by atomic mass is 32.1. The molecule has 0 fully saturated rings. The van der Waals surface area contributed by atoms with Crippen molar-refractivity contribution in [2.75, 3.05) is 6.61 Å². The van der Waals surface area contributed by atoms with Crippen molar-refractivity contribution < 1.29 is 19.2 Å². The summed E-state index contributed by atoms with van der Waals surface area (Å²) >= 11 is 1.28. The van der Waals surface area contributed by atoms with Crippen molar-refractivity contribution in [2.45, 2.75) is 34.2 Å². The molecular weight excluding hydrogens is 406 g/mol. The first-order chi connectivity index (χ1) is 14.2. The minimum atomic E-state index is -0.603. The van der Waals surface area contributed by atoms with Crippen LogP contribution in [0.5, 0.6) is 0 Å². The van der Waals surface area contributed by atoms with E-state index in [0.717, 1.165) is 21.3 Å². The van der Waals surface area contributed by atoms with E-state index in [0.29, 0.717) is 4.80 Å². The Morgan fingerprint density at radius 2 is 1.90 bits per heavy atom. The smallest absolute Gasteiger partial charge is 0.326 e. The van der Waals surface area contributed by atoms with Gasteiger partial charge in [-0.3, -0.25) is 19.7 Å². The summed E-state index contributed by atoms with van der Waals surface area (Å²) in [5, 5.41) is 11.2. The van der Waals surface area contributed by atoms with E-state index in [1.54, 1.807) is 11.5 Å². The number of nitrogens with zero attached hydrogens (tertiary/aromatic N) is 3. The predicted molar refractivity (Wildman–Crippen MR) is 114 cm³/mol. The van der Waals surface area contributed by atoms with E-state index in [-0.39, 0.29) is 30.0 Å². The van der Waals surface area contributed by atoms with Gasteiger partial charge in [0.25, 0.3) is 11.6 Å². The van der Waals surface area contributed by atoms with Crippen molar-refractivity contribution >= 4 is 39.1 Å². The number of amides is 1. The summed E-state index contributed by atoms with van der Waals surface area (Å²) in [4.78, 5) is 40.2. The van der Waals surface area contributed by atoms with E-state index in [1.165, 1.54) is 36.5 Å². The molecule has 2 aromatic carbocycles. The molecule has 0 saturated heterocycles. The highest BCUT2D eigenvalue weighted by molar-refractivity contribution is 7.16. The summed E-state index contributed by atoms with van der Waals surface area (Å²) in [7, 11) is 0. The summed E-state index contributed by atoms with van der Waals surface area (Å²) in [6.45, 7) is 7.36. The molecule has 9 heteroatoms. The van der Waals surface area contributed by atoms with Crippen LogP contribution in [0.4, 0.5) is 5.69 Å². The molecule has 0 unspecified atom stereocenters. The van der Waals surface area contributed by atoms with Crippen LogP contribution in [-0.2, 0) is 16.1 Å². The molecule has 0 aliphatic heterocycles. The zero-order valence-electron chi connectivity index (χ0n) is 17.1. The lowest BCUT2D eigenvalue weighted by atomic mass is 10.1. The van der Waals surface area contributed by atoms with Gasteiger partial charge in [-0.1, -0.05) is 17.4 Å². The number of carbonyl (C=O) groups is 2. The van der Waals surface area contributed by atoms with E-state index >= 15 is 0 Å². The Morgan fingerprint density at radius 3 is 2.57 bits per heavy atom. The van der Waals surface area contributed by atoms with Crippen molar-refractivity contribution in [3.05, 3.63) is 67.5 Å². The van der Waals surface area contributed by atoms with Gasteiger partial charge in [0.05, 0.1) is 27.3 Å². The van der Waals surface area contributed by atoms with Gasteiger partial charge in [-0.2, -0.15) is 4.99 Å². The molecule has 1 aromatic heterocycles. The maximum atomic E-state index is 12.9. The zero-order valence-corrected chi connectivity index (χ0v) is 17.9. The topological polar surface area (TPSA) is 104 Å². The van der Waals surface area contributed by atoms with Gasteiger partial charge in [-0.05, 0) is 57.0 Å². The van der Waals surface area contributed by atoms with Crippen LogP contribution in [0.3, 0.4) is 0 Å². The Balaban J connectivity index is 2.18. The minimum Gasteiger partial charge on any atom is -0.465 e. The molecule has 1 amide bonds. The van der Waals surface area contributed by atoms with Gasteiger partial charge in [0.2, 0.25) is 0 Å². The van der Waals surface area contributed by atoms with E-state index in [1.807, 2.05) is 26.0 Å². The molecule has 30 heavy (non-hydrogen) atoms. The first-order valence-electron chi connectivity index (χ1n) is 9.32. The predicted octanol–water partition coefficient (Wildman–Crippen LogP) is 3.84. The molecular formula is C21H21N3O5S. The van der Waals surface area contributed by atoms with Gasteiger partial charge in [0.1, 0.15) is 6.54 Å². The van der Waals surface area contributed by atoms with Crippen molar-refractivity contribution in [1.82, 2.24) is 4.57 Å². The number of aromatic nitrogens is 1. The number of aryl methyl sites for hydroxylation is 2. The van der Waals surface area contributed by atoms with Crippen molar-refractivity contribution in [1.29, 1.82) is 0 Å². The summed E-state index contributed by atoms with van der Waals surface area (Å²) < 4.78 is 7.59. The second-order valence-corrected chi connectivity index (χ2v) is 7.81.